The van der Waals surface area contributed by atoms with E-state index in [-0.39, 0.29) is 17.7 Å². The molecule has 1 atom stereocenters. The fourth-order valence-corrected chi connectivity index (χ4v) is 3.52. The molecule has 1 saturated heterocycles. The molecule has 2 aliphatic rings. The first kappa shape index (κ1) is 17.0. The Kier molecular flexibility index (Phi) is 5.86. The van der Waals surface area contributed by atoms with E-state index in [1.165, 1.54) is 6.42 Å². The first-order valence-corrected chi connectivity index (χ1v) is 8.97. The molecule has 5 nitrogen and oxygen atoms in total. The quantitative estimate of drug-likeness (QED) is 0.921. The lowest BCUT2D eigenvalue weighted by Gasteiger charge is -2.32. The molecule has 2 amide bonds. The SMILES string of the molecule is O=C(N[C@H](C(=O)N1CCOCC1)c1ccccc1)C1CCCCC1. The Morgan fingerprint density at radius 1 is 1.04 bits per heavy atom. The summed E-state index contributed by atoms with van der Waals surface area (Å²) in [5.74, 6) is 0.0290. The Bertz CT molecular complexity index is 549. The van der Waals surface area contributed by atoms with Crippen LogP contribution in [0, 0.1) is 5.92 Å². The number of ether oxygens (including phenoxy) is 1. The molecule has 1 heterocycles. The van der Waals surface area contributed by atoms with Crippen LogP contribution in [-0.2, 0) is 14.3 Å². The summed E-state index contributed by atoms with van der Waals surface area (Å²) in [4.78, 5) is 27.4. The van der Waals surface area contributed by atoms with Gasteiger partial charge in [0.1, 0.15) is 6.04 Å². The van der Waals surface area contributed by atoms with Crippen LogP contribution in [0.25, 0.3) is 0 Å². The highest BCUT2D eigenvalue weighted by Gasteiger charge is 2.31. The van der Waals surface area contributed by atoms with E-state index >= 15 is 0 Å². The van der Waals surface area contributed by atoms with Gasteiger partial charge in [0.25, 0.3) is 0 Å². The van der Waals surface area contributed by atoms with Crippen LogP contribution in [0.4, 0.5) is 0 Å². The Morgan fingerprint density at radius 3 is 2.38 bits per heavy atom. The molecule has 0 aromatic heterocycles. The molecule has 3 rings (SSSR count). The fourth-order valence-electron chi connectivity index (χ4n) is 3.52. The number of hydrogen-bond acceptors (Lipinski definition) is 3. The largest absolute Gasteiger partial charge is 0.378 e. The molecule has 24 heavy (non-hydrogen) atoms. The number of carbonyl (C=O) groups is 2. The van der Waals surface area contributed by atoms with E-state index in [2.05, 4.69) is 5.32 Å². The molecule has 2 fully saturated rings. The van der Waals surface area contributed by atoms with Crippen LogP contribution in [0.1, 0.15) is 43.7 Å². The highest BCUT2D eigenvalue weighted by atomic mass is 16.5. The van der Waals surface area contributed by atoms with E-state index in [0.29, 0.717) is 26.3 Å². The standard InChI is InChI=1S/C19H26N2O3/c22-18(16-9-5-2-6-10-16)20-17(15-7-3-1-4-8-15)19(23)21-11-13-24-14-12-21/h1,3-4,7-8,16-17H,2,5-6,9-14H2,(H,20,22)/t17-/m0/s1. The first-order valence-electron chi connectivity index (χ1n) is 8.97. The van der Waals surface area contributed by atoms with Crippen LogP contribution in [-0.4, -0.2) is 43.0 Å². The zero-order valence-electron chi connectivity index (χ0n) is 14.1. The van der Waals surface area contributed by atoms with E-state index in [0.717, 1.165) is 31.2 Å². The molecule has 1 aliphatic heterocycles. The summed E-state index contributed by atoms with van der Waals surface area (Å²) in [5, 5.41) is 3.03. The maximum atomic E-state index is 13.0. The van der Waals surface area contributed by atoms with Gasteiger partial charge in [-0.3, -0.25) is 9.59 Å². The molecule has 1 aromatic rings. The lowest BCUT2D eigenvalue weighted by atomic mass is 9.88. The number of amides is 2. The molecule has 5 heteroatoms. The zero-order valence-corrected chi connectivity index (χ0v) is 14.1. The van der Waals surface area contributed by atoms with Gasteiger partial charge in [0.2, 0.25) is 11.8 Å². The van der Waals surface area contributed by atoms with Crippen molar-refractivity contribution < 1.29 is 14.3 Å². The summed E-state index contributed by atoms with van der Waals surface area (Å²) in [6, 6.07) is 8.94. The molecule has 0 unspecified atom stereocenters. The summed E-state index contributed by atoms with van der Waals surface area (Å²) in [5.41, 5.74) is 0.846. The Hall–Kier alpha value is -1.88. The second-order valence-corrected chi connectivity index (χ2v) is 6.62. The van der Waals surface area contributed by atoms with Crippen molar-refractivity contribution >= 4 is 11.8 Å². The van der Waals surface area contributed by atoms with Gasteiger partial charge in [0, 0.05) is 19.0 Å². The van der Waals surface area contributed by atoms with Gasteiger partial charge in [0.05, 0.1) is 13.2 Å². The minimum absolute atomic E-state index is 0.0187. The number of rotatable bonds is 4. The van der Waals surface area contributed by atoms with Gasteiger partial charge in [-0.2, -0.15) is 0 Å². The van der Waals surface area contributed by atoms with E-state index < -0.39 is 6.04 Å². The van der Waals surface area contributed by atoms with Gasteiger partial charge < -0.3 is 15.0 Å². The van der Waals surface area contributed by atoms with Crippen molar-refractivity contribution in [3.05, 3.63) is 35.9 Å². The predicted octanol–water partition coefficient (Wildman–Crippen LogP) is 2.28. The van der Waals surface area contributed by atoms with Gasteiger partial charge in [-0.05, 0) is 18.4 Å². The predicted molar refractivity (Wildman–Crippen MR) is 91.3 cm³/mol. The minimum atomic E-state index is -0.598. The van der Waals surface area contributed by atoms with Crippen molar-refractivity contribution in [2.75, 3.05) is 26.3 Å². The van der Waals surface area contributed by atoms with Crippen LogP contribution in [0.2, 0.25) is 0 Å². The number of nitrogens with one attached hydrogen (secondary N) is 1. The number of carbonyl (C=O) groups excluding carboxylic acids is 2. The minimum Gasteiger partial charge on any atom is -0.378 e. The van der Waals surface area contributed by atoms with E-state index in [9.17, 15) is 9.59 Å². The molecule has 1 aromatic carbocycles. The summed E-state index contributed by atoms with van der Waals surface area (Å²) in [6.45, 7) is 2.29. The molecule has 0 spiro atoms. The first-order chi connectivity index (χ1) is 11.8. The molecule has 0 radical (unpaired) electrons. The lowest BCUT2D eigenvalue weighted by molar-refractivity contribution is -0.141. The zero-order chi connectivity index (χ0) is 16.8. The molecule has 1 saturated carbocycles. The summed E-state index contributed by atoms with van der Waals surface area (Å²) in [6.07, 6.45) is 5.27. The number of nitrogens with zero attached hydrogens (tertiary/aromatic N) is 1. The van der Waals surface area contributed by atoms with Crippen molar-refractivity contribution in [3.8, 4) is 0 Å². The van der Waals surface area contributed by atoms with Crippen LogP contribution < -0.4 is 5.32 Å². The van der Waals surface area contributed by atoms with Gasteiger partial charge in [-0.25, -0.2) is 0 Å². The average Bonchev–Trinajstić information content (AvgIpc) is 2.67. The third-order valence-electron chi connectivity index (χ3n) is 4.97. The van der Waals surface area contributed by atoms with Crippen molar-refractivity contribution in [3.63, 3.8) is 0 Å². The second kappa shape index (κ2) is 8.29. The van der Waals surface area contributed by atoms with Gasteiger partial charge >= 0.3 is 0 Å². The van der Waals surface area contributed by atoms with Crippen molar-refractivity contribution in [1.82, 2.24) is 10.2 Å². The van der Waals surface area contributed by atoms with Gasteiger partial charge in [-0.15, -0.1) is 0 Å². The molecular formula is C19H26N2O3. The Morgan fingerprint density at radius 2 is 1.71 bits per heavy atom. The van der Waals surface area contributed by atoms with Crippen LogP contribution in [0.3, 0.4) is 0 Å². The molecule has 0 bridgehead atoms. The topological polar surface area (TPSA) is 58.6 Å². The number of morpholine rings is 1. The molecular weight excluding hydrogens is 304 g/mol. The highest BCUT2D eigenvalue weighted by Crippen LogP contribution is 2.25. The van der Waals surface area contributed by atoms with Crippen molar-refractivity contribution in [2.24, 2.45) is 5.92 Å². The second-order valence-electron chi connectivity index (χ2n) is 6.62. The maximum absolute atomic E-state index is 13.0. The number of benzene rings is 1. The van der Waals surface area contributed by atoms with E-state index in [1.54, 1.807) is 4.90 Å². The number of hydrogen-bond donors (Lipinski definition) is 1. The van der Waals surface area contributed by atoms with E-state index in [1.807, 2.05) is 30.3 Å². The third kappa shape index (κ3) is 4.15. The van der Waals surface area contributed by atoms with Crippen LogP contribution in [0.15, 0.2) is 30.3 Å². The third-order valence-corrected chi connectivity index (χ3v) is 4.97. The normalized spacial score (nSPS) is 20.4. The summed E-state index contributed by atoms with van der Waals surface area (Å²) >= 11 is 0. The summed E-state index contributed by atoms with van der Waals surface area (Å²) in [7, 11) is 0. The lowest BCUT2D eigenvalue weighted by Crippen LogP contribution is -2.48. The van der Waals surface area contributed by atoms with Crippen LogP contribution >= 0.6 is 0 Å². The van der Waals surface area contributed by atoms with Crippen LogP contribution in [0.5, 0.6) is 0 Å². The smallest absolute Gasteiger partial charge is 0.249 e. The monoisotopic (exact) mass is 330 g/mol. The van der Waals surface area contributed by atoms with Crippen molar-refractivity contribution in [1.29, 1.82) is 0 Å². The van der Waals surface area contributed by atoms with E-state index in [4.69, 9.17) is 4.74 Å². The maximum Gasteiger partial charge on any atom is 0.249 e. The Balaban J connectivity index is 1.74. The average molecular weight is 330 g/mol. The van der Waals surface area contributed by atoms with Gasteiger partial charge in [-0.1, -0.05) is 49.6 Å². The summed E-state index contributed by atoms with van der Waals surface area (Å²) < 4.78 is 5.33. The van der Waals surface area contributed by atoms with Crippen molar-refractivity contribution in [2.45, 2.75) is 38.1 Å². The Labute approximate surface area is 143 Å². The fraction of sp³-hybridized carbons (Fsp3) is 0.579. The van der Waals surface area contributed by atoms with Gasteiger partial charge in [0.15, 0.2) is 0 Å². The molecule has 1 N–H and O–H groups in total. The molecule has 1 aliphatic carbocycles. The molecule has 130 valence electrons. The highest BCUT2D eigenvalue weighted by molar-refractivity contribution is 5.89.